The molecule has 0 unspecified atom stereocenters. The molecular weight excluding hydrogens is 230 g/mol. The van der Waals surface area contributed by atoms with Crippen LogP contribution in [0.5, 0.6) is 5.75 Å². The summed E-state index contributed by atoms with van der Waals surface area (Å²) in [5.74, 6) is -0.319. The predicted molar refractivity (Wildman–Crippen MR) is 68.6 cm³/mol. The molecule has 1 aromatic carbocycles. The number of carbonyl (C=O) groups excluding carboxylic acids is 1. The topological polar surface area (TPSA) is 59.4 Å². The van der Waals surface area contributed by atoms with Crippen molar-refractivity contribution in [2.45, 2.75) is 26.4 Å². The number of carbonyl (C=O) groups is 1. The van der Waals surface area contributed by atoms with Gasteiger partial charge in [-0.25, -0.2) is 4.79 Å². The van der Waals surface area contributed by atoms with Gasteiger partial charge in [0.15, 0.2) is 0 Å². The maximum atomic E-state index is 12.1. The quantitative estimate of drug-likeness (QED) is 0.785. The highest BCUT2D eigenvalue weighted by Gasteiger charge is 2.19. The molecule has 0 aliphatic carbocycles. The Morgan fingerprint density at radius 1 is 1.28 bits per heavy atom. The molecule has 2 rings (SSSR count). The van der Waals surface area contributed by atoms with Gasteiger partial charge in [0.2, 0.25) is 0 Å². The standard InChI is InChI=1S/C14H15NO3/c1-14(2,3)18-13(17)10-6-7-15-12-5-4-9(16)8-11(10)12/h4-8,16H,1-3H3. The van der Waals surface area contributed by atoms with E-state index in [9.17, 15) is 9.90 Å². The van der Waals surface area contributed by atoms with E-state index in [-0.39, 0.29) is 5.75 Å². The Morgan fingerprint density at radius 3 is 2.67 bits per heavy atom. The normalized spacial score (nSPS) is 11.5. The molecule has 0 aliphatic rings. The van der Waals surface area contributed by atoms with Crippen LogP contribution in [0.4, 0.5) is 0 Å². The fourth-order valence-corrected chi connectivity index (χ4v) is 1.65. The summed E-state index contributed by atoms with van der Waals surface area (Å²) in [7, 11) is 0. The maximum Gasteiger partial charge on any atom is 0.339 e. The number of nitrogens with zero attached hydrogens (tertiary/aromatic N) is 1. The lowest BCUT2D eigenvalue weighted by Crippen LogP contribution is -2.24. The van der Waals surface area contributed by atoms with Crippen LogP contribution in [0.3, 0.4) is 0 Å². The van der Waals surface area contributed by atoms with Crippen molar-refractivity contribution in [2.24, 2.45) is 0 Å². The fraction of sp³-hybridized carbons (Fsp3) is 0.286. The number of rotatable bonds is 1. The van der Waals surface area contributed by atoms with Crippen molar-refractivity contribution < 1.29 is 14.6 Å². The second-order valence-corrected chi connectivity index (χ2v) is 5.06. The van der Waals surface area contributed by atoms with Gasteiger partial charge in [-0.2, -0.15) is 0 Å². The van der Waals surface area contributed by atoms with Crippen molar-refractivity contribution >= 4 is 16.9 Å². The lowest BCUT2D eigenvalue weighted by atomic mass is 10.1. The van der Waals surface area contributed by atoms with Crippen molar-refractivity contribution in [3.63, 3.8) is 0 Å². The number of hydrogen-bond donors (Lipinski definition) is 1. The van der Waals surface area contributed by atoms with Crippen molar-refractivity contribution in [3.8, 4) is 5.75 Å². The number of esters is 1. The molecule has 4 nitrogen and oxygen atoms in total. The molecule has 0 bridgehead atoms. The van der Waals surface area contributed by atoms with Crippen molar-refractivity contribution in [1.29, 1.82) is 0 Å². The van der Waals surface area contributed by atoms with Gasteiger partial charge in [-0.1, -0.05) is 0 Å². The molecule has 0 amide bonds. The zero-order chi connectivity index (χ0) is 13.3. The number of phenols is 1. The summed E-state index contributed by atoms with van der Waals surface area (Å²) in [5.41, 5.74) is 0.505. The Labute approximate surface area is 105 Å². The minimum Gasteiger partial charge on any atom is -0.508 e. The van der Waals surface area contributed by atoms with Crippen LogP contribution < -0.4 is 0 Å². The first-order valence-corrected chi connectivity index (χ1v) is 5.68. The summed E-state index contributed by atoms with van der Waals surface area (Å²) >= 11 is 0. The Hall–Kier alpha value is -2.10. The molecule has 0 radical (unpaired) electrons. The predicted octanol–water partition coefficient (Wildman–Crippen LogP) is 2.90. The summed E-state index contributed by atoms with van der Waals surface area (Å²) < 4.78 is 5.32. The third-order valence-corrected chi connectivity index (χ3v) is 2.34. The highest BCUT2D eigenvalue weighted by atomic mass is 16.6. The number of benzene rings is 1. The third-order valence-electron chi connectivity index (χ3n) is 2.34. The minimum absolute atomic E-state index is 0.0975. The lowest BCUT2D eigenvalue weighted by molar-refractivity contribution is 0.00718. The van der Waals surface area contributed by atoms with Crippen LogP contribution >= 0.6 is 0 Å². The molecule has 2 aromatic rings. The van der Waals surface area contributed by atoms with Crippen molar-refractivity contribution in [1.82, 2.24) is 4.98 Å². The van der Waals surface area contributed by atoms with E-state index in [1.807, 2.05) is 20.8 Å². The van der Waals surface area contributed by atoms with Crippen LogP contribution in [0.1, 0.15) is 31.1 Å². The number of aromatic hydroxyl groups is 1. The minimum atomic E-state index is -0.552. The average Bonchev–Trinajstić information content (AvgIpc) is 2.25. The highest BCUT2D eigenvalue weighted by Crippen LogP contribution is 2.23. The van der Waals surface area contributed by atoms with Gasteiger partial charge in [-0.3, -0.25) is 4.98 Å². The number of pyridine rings is 1. The smallest absolute Gasteiger partial charge is 0.339 e. The van der Waals surface area contributed by atoms with E-state index in [4.69, 9.17) is 4.74 Å². The summed E-state index contributed by atoms with van der Waals surface area (Å²) in [6.07, 6.45) is 1.55. The monoisotopic (exact) mass is 245 g/mol. The van der Waals surface area contributed by atoms with Crippen molar-refractivity contribution in [2.75, 3.05) is 0 Å². The van der Waals surface area contributed by atoms with Crippen LogP contribution in [0.15, 0.2) is 30.5 Å². The molecule has 1 N–H and O–H groups in total. The van der Waals surface area contributed by atoms with Gasteiger partial charge >= 0.3 is 5.97 Å². The summed E-state index contributed by atoms with van der Waals surface area (Å²) in [4.78, 5) is 16.2. The van der Waals surface area contributed by atoms with Crippen LogP contribution in [-0.2, 0) is 4.74 Å². The SMILES string of the molecule is CC(C)(C)OC(=O)c1ccnc2ccc(O)cc12. The number of fused-ring (bicyclic) bond motifs is 1. The van der Waals surface area contributed by atoms with E-state index in [1.165, 1.54) is 12.1 Å². The average molecular weight is 245 g/mol. The number of aromatic nitrogens is 1. The summed E-state index contributed by atoms with van der Waals surface area (Å²) in [6.45, 7) is 5.43. The molecule has 0 spiro atoms. The lowest BCUT2D eigenvalue weighted by Gasteiger charge is -2.19. The molecule has 18 heavy (non-hydrogen) atoms. The fourth-order valence-electron chi connectivity index (χ4n) is 1.65. The van der Waals surface area contributed by atoms with Gasteiger partial charge in [0.1, 0.15) is 11.4 Å². The zero-order valence-corrected chi connectivity index (χ0v) is 10.6. The molecule has 0 atom stereocenters. The van der Waals surface area contributed by atoms with Gasteiger partial charge in [-0.05, 0) is 45.0 Å². The highest BCUT2D eigenvalue weighted by molar-refractivity contribution is 6.03. The number of phenolic OH excluding ortho intramolecular Hbond substituents is 1. The molecular formula is C14H15NO3. The first kappa shape index (κ1) is 12.4. The van der Waals surface area contributed by atoms with E-state index in [1.54, 1.807) is 18.3 Å². The number of ether oxygens (including phenoxy) is 1. The van der Waals surface area contributed by atoms with Gasteiger partial charge in [-0.15, -0.1) is 0 Å². The maximum absolute atomic E-state index is 12.1. The van der Waals surface area contributed by atoms with E-state index in [0.717, 1.165) is 0 Å². The molecule has 0 aliphatic heterocycles. The molecule has 0 fully saturated rings. The Balaban J connectivity index is 2.51. The molecule has 1 heterocycles. The second-order valence-electron chi connectivity index (χ2n) is 5.06. The van der Waals surface area contributed by atoms with E-state index >= 15 is 0 Å². The third kappa shape index (κ3) is 2.59. The molecule has 94 valence electrons. The Bertz CT molecular complexity index is 600. The van der Waals surface area contributed by atoms with Crippen LogP contribution in [0.25, 0.3) is 10.9 Å². The number of hydrogen-bond acceptors (Lipinski definition) is 4. The van der Waals surface area contributed by atoms with Crippen LogP contribution in [-0.4, -0.2) is 21.7 Å². The molecule has 4 heteroatoms. The molecule has 0 saturated heterocycles. The van der Waals surface area contributed by atoms with Gasteiger partial charge in [0.05, 0.1) is 11.1 Å². The zero-order valence-electron chi connectivity index (χ0n) is 10.6. The summed E-state index contributed by atoms with van der Waals surface area (Å²) in [6, 6.07) is 6.31. The van der Waals surface area contributed by atoms with E-state index < -0.39 is 11.6 Å². The largest absolute Gasteiger partial charge is 0.508 e. The van der Waals surface area contributed by atoms with Crippen LogP contribution in [0, 0.1) is 0 Å². The second kappa shape index (κ2) is 4.29. The Morgan fingerprint density at radius 2 is 2.00 bits per heavy atom. The van der Waals surface area contributed by atoms with Gasteiger partial charge in [0.25, 0.3) is 0 Å². The van der Waals surface area contributed by atoms with Gasteiger partial charge < -0.3 is 9.84 Å². The van der Waals surface area contributed by atoms with Crippen LogP contribution in [0.2, 0.25) is 0 Å². The van der Waals surface area contributed by atoms with Crippen molar-refractivity contribution in [3.05, 3.63) is 36.0 Å². The van der Waals surface area contributed by atoms with E-state index in [0.29, 0.717) is 16.5 Å². The van der Waals surface area contributed by atoms with E-state index in [2.05, 4.69) is 4.98 Å². The first-order chi connectivity index (χ1) is 8.37. The Kier molecular flexibility index (Phi) is 2.95. The van der Waals surface area contributed by atoms with Gasteiger partial charge in [0, 0.05) is 11.6 Å². The first-order valence-electron chi connectivity index (χ1n) is 5.68. The molecule has 1 aromatic heterocycles. The molecule has 0 saturated carbocycles. The summed E-state index contributed by atoms with van der Waals surface area (Å²) in [5, 5.41) is 10.1.